The first-order valence-electron chi connectivity index (χ1n) is 6.97. The van der Waals surface area contributed by atoms with E-state index >= 15 is 0 Å². The lowest BCUT2D eigenvalue weighted by atomic mass is 10.2. The summed E-state index contributed by atoms with van der Waals surface area (Å²) in [5.74, 6) is -0.241. The molecule has 5 nitrogen and oxygen atoms in total. The number of anilines is 1. The third-order valence-corrected chi connectivity index (χ3v) is 4.59. The second kappa shape index (κ2) is 7.02. The largest absolute Gasteiger partial charge is 0.350 e. The topological polar surface area (TPSA) is 75.3 Å². The average molecular weight is 353 g/mol. The maximum atomic E-state index is 12.3. The number of halogens is 1. The molecule has 0 atom stereocenters. The van der Waals surface area contributed by atoms with Crippen molar-refractivity contribution in [2.45, 2.75) is 24.8 Å². The highest BCUT2D eigenvalue weighted by Gasteiger charge is 2.15. The molecule has 7 heteroatoms. The van der Waals surface area contributed by atoms with Crippen LogP contribution in [-0.4, -0.2) is 20.4 Å². The smallest absolute Gasteiger partial charge is 0.261 e. The van der Waals surface area contributed by atoms with Gasteiger partial charge in [-0.05, 0) is 62.4 Å². The summed E-state index contributed by atoms with van der Waals surface area (Å²) in [6.45, 7) is 3.71. The van der Waals surface area contributed by atoms with Gasteiger partial charge in [0.05, 0.1) is 4.90 Å². The van der Waals surface area contributed by atoms with Crippen LogP contribution in [0.3, 0.4) is 0 Å². The zero-order chi connectivity index (χ0) is 17.0. The standard InChI is InChI=1S/C16H17ClN2O3S/c1-11(2)18-16(20)12-3-9-15(10-4-12)23(21,22)19-14-7-5-13(17)6-8-14/h3-11,19H,1-2H3,(H,18,20). The zero-order valence-electron chi connectivity index (χ0n) is 12.7. The summed E-state index contributed by atoms with van der Waals surface area (Å²) in [4.78, 5) is 11.9. The molecule has 0 heterocycles. The van der Waals surface area contributed by atoms with Crippen LogP contribution in [0, 0.1) is 0 Å². The summed E-state index contributed by atoms with van der Waals surface area (Å²) in [7, 11) is -3.72. The number of carbonyl (C=O) groups is 1. The number of carbonyl (C=O) groups excluding carboxylic acids is 1. The van der Waals surface area contributed by atoms with Crippen molar-refractivity contribution in [3.8, 4) is 0 Å². The van der Waals surface area contributed by atoms with Crippen LogP contribution in [0.25, 0.3) is 0 Å². The summed E-state index contributed by atoms with van der Waals surface area (Å²) in [5.41, 5.74) is 0.820. The van der Waals surface area contributed by atoms with Gasteiger partial charge >= 0.3 is 0 Å². The molecule has 0 spiro atoms. The molecular formula is C16H17ClN2O3S. The van der Waals surface area contributed by atoms with Gasteiger partial charge in [-0.2, -0.15) is 0 Å². The van der Waals surface area contributed by atoms with E-state index in [1.807, 2.05) is 13.8 Å². The Morgan fingerprint density at radius 1 is 1.00 bits per heavy atom. The highest BCUT2D eigenvalue weighted by atomic mass is 35.5. The summed E-state index contributed by atoms with van der Waals surface area (Å²) < 4.78 is 27.1. The predicted octanol–water partition coefficient (Wildman–Crippen LogP) is 3.28. The van der Waals surface area contributed by atoms with Gasteiger partial charge in [0.2, 0.25) is 0 Å². The quantitative estimate of drug-likeness (QED) is 0.867. The molecule has 0 aromatic heterocycles. The molecule has 0 aliphatic carbocycles. The SMILES string of the molecule is CC(C)NC(=O)c1ccc(S(=O)(=O)Nc2ccc(Cl)cc2)cc1. The molecule has 0 radical (unpaired) electrons. The highest BCUT2D eigenvalue weighted by Crippen LogP contribution is 2.18. The predicted molar refractivity (Wildman–Crippen MR) is 91.3 cm³/mol. The average Bonchev–Trinajstić information content (AvgIpc) is 2.49. The Kier molecular flexibility index (Phi) is 5.28. The summed E-state index contributed by atoms with van der Waals surface area (Å²) >= 11 is 5.77. The molecule has 0 saturated carbocycles. The van der Waals surface area contributed by atoms with E-state index in [2.05, 4.69) is 10.0 Å². The van der Waals surface area contributed by atoms with Crippen molar-refractivity contribution in [1.82, 2.24) is 5.32 Å². The van der Waals surface area contributed by atoms with E-state index in [4.69, 9.17) is 11.6 Å². The van der Waals surface area contributed by atoms with Crippen molar-refractivity contribution in [3.05, 3.63) is 59.1 Å². The van der Waals surface area contributed by atoms with Crippen LogP contribution in [0.5, 0.6) is 0 Å². The van der Waals surface area contributed by atoms with Crippen molar-refractivity contribution in [1.29, 1.82) is 0 Å². The first-order chi connectivity index (χ1) is 10.8. The lowest BCUT2D eigenvalue weighted by Crippen LogP contribution is -2.30. The molecule has 0 saturated heterocycles. The maximum absolute atomic E-state index is 12.3. The van der Waals surface area contributed by atoms with E-state index in [0.717, 1.165) is 0 Å². The van der Waals surface area contributed by atoms with Crippen molar-refractivity contribution in [2.75, 3.05) is 4.72 Å². The van der Waals surface area contributed by atoms with Gasteiger partial charge in [0.1, 0.15) is 0 Å². The van der Waals surface area contributed by atoms with Gasteiger partial charge in [0.25, 0.3) is 15.9 Å². The summed E-state index contributed by atoms with van der Waals surface area (Å²) in [5, 5.41) is 3.27. The molecule has 2 rings (SSSR count). The van der Waals surface area contributed by atoms with E-state index in [0.29, 0.717) is 16.3 Å². The number of rotatable bonds is 5. The number of hydrogen-bond donors (Lipinski definition) is 2. The molecule has 2 aromatic rings. The lowest BCUT2D eigenvalue weighted by Gasteiger charge is -2.10. The van der Waals surface area contributed by atoms with E-state index in [1.54, 1.807) is 24.3 Å². The van der Waals surface area contributed by atoms with Crippen LogP contribution < -0.4 is 10.0 Å². The first-order valence-corrected chi connectivity index (χ1v) is 8.83. The summed E-state index contributed by atoms with van der Waals surface area (Å²) in [6, 6.07) is 12.1. The van der Waals surface area contributed by atoms with Crippen molar-refractivity contribution < 1.29 is 13.2 Å². The van der Waals surface area contributed by atoms with E-state index in [-0.39, 0.29) is 16.8 Å². The monoisotopic (exact) mass is 352 g/mol. The Balaban J connectivity index is 2.17. The van der Waals surface area contributed by atoms with Crippen LogP contribution in [0.1, 0.15) is 24.2 Å². The number of amides is 1. The van der Waals surface area contributed by atoms with Crippen LogP contribution in [0.15, 0.2) is 53.4 Å². The Hall–Kier alpha value is -2.05. The van der Waals surface area contributed by atoms with Crippen molar-refractivity contribution in [3.63, 3.8) is 0 Å². The number of sulfonamides is 1. The summed E-state index contributed by atoms with van der Waals surface area (Å²) in [6.07, 6.45) is 0. The number of benzene rings is 2. The molecule has 1 amide bonds. The fraction of sp³-hybridized carbons (Fsp3) is 0.188. The lowest BCUT2D eigenvalue weighted by molar-refractivity contribution is 0.0943. The van der Waals surface area contributed by atoms with Gasteiger partial charge in [-0.25, -0.2) is 8.42 Å². The minimum atomic E-state index is -3.72. The molecular weight excluding hydrogens is 336 g/mol. The Labute approximate surface area is 140 Å². The van der Waals surface area contributed by atoms with Crippen molar-refractivity contribution >= 4 is 33.2 Å². The van der Waals surface area contributed by atoms with Gasteiger partial charge in [-0.15, -0.1) is 0 Å². The molecule has 2 N–H and O–H groups in total. The minimum absolute atomic E-state index is 0.0116. The van der Waals surface area contributed by atoms with Crippen LogP contribution >= 0.6 is 11.6 Å². The van der Waals surface area contributed by atoms with Crippen LogP contribution in [0.2, 0.25) is 5.02 Å². The van der Waals surface area contributed by atoms with E-state index < -0.39 is 10.0 Å². The highest BCUT2D eigenvalue weighted by molar-refractivity contribution is 7.92. The third kappa shape index (κ3) is 4.71. The fourth-order valence-corrected chi connectivity index (χ4v) is 3.05. The Morgan fingerprint density at radius 3 is 2.09 bits per heavy atom. The molecule has 122 valence electrons. The molecule has 0 aliphatic rings. The second-order valence-electron chi connectivity index (χ2n) is 5.26. The number of nitrogens with one attached hydrogen (secondary N) is 2. The molecule has 0 unspecified atom stereocenters. The van der Waals surface area contributed by atoms with Gasteiger partial charge in [0.15, 0.2) is 0 Å². The van der Waals surface area contributed by atoms with Crippen molar-refractivity contribution in [2.24, 2.45) is 0 Å². The first kappa shape index (κ1) is 17.3. The van der Waals surface area contributed by atoms with Gasteiger partial charge < -0.3 is 5.32 Å². The van der Waals surface area contributed by atoms with Crippen LogP contribution in [-0.2, 0) is 10.0 Å². The maximum Gasteiger partial charge on any atom is 0.261 e. The van der Waals surface area contributed by atoms with Gasteiger partial charge in [-0.3, -0.25) is 9.52 Å². The zero-order valence-corrected chi connectivity index (χ0v) is 14.3. The molecule has 23 heavy (non-hydrogen) atoms. The molecule has 2 aromatic carbocycles. The second-order valence-corrected chi connectivity index (χ2v) is 7.38. The molecule has 0 aliphatic heterocycles. The third-order valence-electron chi connectivity index (χ3n) is 2.94. The van der Waals surface area contributed by atoms with E-state index in [9.17, 15) is 13.2 Å². The fourth-order valence-electron chi connectivity index (χ4n) is 1.86. The normalized spacial score (nSPS) is 11.3. The Morgan fingerprint density at radius 2 is 1.57 bits per heavy atom. The van der Waals surface area contributed by atoms with Gasteiger partial charge in [-0.1, -0.05) is 11.6 Å². The van der Waals surface area contributed by atoms with Crippen LogP contribution in [0.4, 0.5) is 5.69 Å². The van der Waals surface area contributed by atoms with Gasteiger partial charge in [0, 0.05) is 22.3 Å². The Bertz CT molecular complexity index is 785. The number of hydrogen-bond acceptors (Lipinski definition) is 3. The van der Waals surface area contributed by atoms with E-state index in [1.165, 1.54) is 24.3 Å². The molecule has 0 fully saturated rings. The molecule has 0 bridgehead atoms. The minimum Gasteiger partial charge on any atom is -0.350 e.